The van der Waals surface area contributed by atoms with Gasteiger partial charge in [0.25, 0.3) is 0 Å². The first-order valence-corrected chi connectivity index (χ1v) is 6.21. The Bertz CT molecular complexity index is 583. The average molecular weight is 266 g/mol. The van der Waals surface area contributed by atoms with Crippen molar-refractivity contribution in [2.24, 2.45) is 0 Å². The van der Waals surface area contributed by atoms with Crippen LogP contribution in [0.5, 0.6) is 0 Å². The maximum atomic E-state index is 13.5. The van der Waals surface area contributed by atoms with Gasteiger partial charge in [0.2, 0.25) is 0 Å². The molecule has 0 amide bonds. The largest absolute Gasteiger partial charge is 0.481 e. The number of carboxylic acid groups (broad SMARTS) is 1. The fourth-order valence-corrected chi connectivity index (χ4v) is 2.25. The van der Waals surface area contributed by atoms with Crippen molar-refractivity contribution in [2.75, 3.05) is 5.75 Å². The number of carbonyl (C=O) groups is 1. The monoisotopic (exact) mass is 266 g/mol. The Morgan fingerprint density at radius 2 is 2.33 bits per heavy atom. The van der Waals surface area contributed by atoms with Crippen molar-refractivity contribution >= 4 is 17.7 Å². The van der Waals surface area contributed by atoms with Gasteiger partial charge in [-0.2, -0.15) is 0 Å². The van der Waals surface area contributed by atoms with E-state index >= 15 is 0 Å². The summed E-state index contributed by atoms with van der Waals surface area (Å²) in [6, 6.07) is 4.77. The van der Waals surface area contributed by atoms with Gasteiger partial charge in [0.1, 0.15) is 5.82 Å². The second kappa shape index (κ2) is 5.22. The Morgan fingerprint density at radius 3 is 3.06 bits per heavy atom. The van der Waals surface area contributed by atoms with Crippen molar-refractivity contribution in [3.63, 3.8) is 0 Å². The molecule has 18 heavy (non-hydrogen) atoms. The van der Waals surface area contributed by atoms with Crippen molar-refractivity contribution in [1.82, 2.24) is 9.55 Å². The summed E-state index contributed by atoms with van der Waals surface area (Å²) >= 11 is 1.10. The maximum Gasteiger partial charge on any atom is 0.313 e. The molecule has 1 heterocycles. The number of carboxylic acids is 1. The Morgan fingerprint density at radius 1 is 1.56 bits per heavy atom. The molecule has 0 aliphatic rings. The summed E-state index contributed by atoms with van der Waals surface area (Å²) in [6.07, 6.45) is 3.25. The lowest BCUT2D eigenvalue weighted by Gasteiger charge is -2.10. The molecule has 0 aliphatic carbocycles. The van der Waals surface area contributed by atoms with Gasteiger partial charge in [-0.25, -0.2) is 9.37 Å². The minimum atomic E-state index is -0.912. The summed E-state index contributed by atoms with van der Waals surface area (Å²) in [5, 5.41) is 9.19. The van der Waals surface area contributed by atoms with E-state index in [1.807, 2.05) is 0 Å². The molecule has 0 saturated heterocycles. The summed E-state index contributed by atoms with van der Waals surface area (Å²) in [5.74, 6) is -1.29. The zero-order chi connectivity index (χ0) is 13.1. The molecule has 0 bridgehead atoms. The van der Waals surface area contributed by atoms with Gasteiger partial charge in [0.15, 0.2) is 5.16 Å². The van der Waals surface area contributed by atoms with E-state index in [1.54, 1.807) is 36.0 Å². The van der Waals surface area contributed by atoms with E-state index in [2.05, 4.69) is 4.98 Å². The van der Waals surface area contributed by atoms with Crippen LogP contribution < -0.4 is 0 Å². The summed E-state index contributed by atoms with van der Waals surface area (Å²) in [4.78, 5) is 14.6. The van der Waals surface area contributed by atoms with Crippen LogP contribution in [-0.4, -0.2) is 26.4 Å². The number of imidazole rings is 1. The molecule has 0 spiro atoms. The van der Waals surface area contributed by atoms with Crippen molar-refractivity contribution in [3.8, 4) is 5.69 Å². The van der Waals surface area contributed by atoms with Gasteiger partial charge >= 0.3 is 5.97 Å². The van der Waals surface area contributed by atoms with Crippen LogP contribution in [0.15, 0.2) is 35.7 Å². The van der Waals surface area contributed by atoms with E-state index in [1.165, 1.54) is 6.07 Å². The molecule has 4 nitrogen and oxygen atoms in total. The fraction of sp³-hybridized carbons (Fsp3) is 0.167. The molecule has 2 aromatic rings. The number of aromatic nitrogens is 2. The number of halogens is 1. The van der Waals surface area contributed by atoms with Crippen LogP contribution in [0.25, 0.3) is 5.69 Å². The van der Waals surface area contributed by atoms with Crippen LogP contribution in [0.4, 0.5) is 4.39 Å². The highest BCUT2D eigenvalue weighted by molar-refractivity contribution is 7.99. The first-order chi connectivity index (χ1) is 8.59. The lowest BCUT2D eigenvalue weighted by molar-refractivity contribution is -0.133. The second-order valence-electron chi connectivity index (χ2n) is 3.65. The van der Waals surface area contributed by atoms with Crippen molar-refractivity contribution in [1.29, 1.82) is 0 Å². The highest BCUT2D eigenvalue weighted by atomic mass is 32.2. The molecule has 1 N–H and O–H groups in total. The first kappa shape index (κ1) is 12.6. The van der Waals surface area contributed by atoms with Crippen molar-refractivity contribution in [3.05, 3.63) is 42.0 Å². The topological polar surface area (TPSA) is 55.1 Å². The summed E-state index contributed by atoms with van der Waals surface area (Å²) in [5.41, 5.74) is 1.17. The van der Waals surface area contributed by atoms with Gasteiger partial charge in [-0.05, 0) is 19.1 Å². The van der Waals surface area contributed by atoms with Crippen LogP contribution >= 0.6 is 11.8 Å². The summed E-state index contributed by atoms with van der Waals surface area (Å²) in [6.45, 7) is 1.68. The Hall–Kier alpha value is -1.82. The Balaban J connectivity index is 2.36. The zero-order valence-corrected chi connectivity index (χ0v) is 10.4. The molecular formula is C12H11FN2O2S. The van der Waals surface area contributed by atoms with E-state index in [9.17, 15) is 9.18 Å². The van der Waals surface area contributed by atoms with Crippen molar-refractivity contribution in [2.45, 2.75) is 12.1 Å². The number of hydrogen-bond donors (Lipinski definition) is 1. The quantitative estimate of drug-likeness (QED) is 0.864. The number of benzene rings is 1. The van der Waals surface area contributed by atoms with E-state index in [-0.39, 0.29) is 11.6 Å². The van der Waals surface area contributed by atoms with E-state index in [4.69, 9.17) is 5.11 Å². The van der Waals surface area contributed by atoms with Gasteiger partial charge in [-0.15, -0.1) is 0 Å². The average Bonchev–Trinajstić information content (AvgIpc) is 2.78. The third-order valence-corrected chi connectivity index (χ3v) is 3.38. The lowest BCUT2D eigenvalue weighted by Crippen LogP contribution is -2.03. The zero-order valence-electron chi connectivity index (χ0n) is 9.63. The number of nitrogens with zero attached hydrogens (tertiary/aromatic N) is 2. The highest BCUT2D eigenvalue weighted by Crippen LogP contribution is 2.23. The highest BCUT2D eigenvalue weighted by Gasteiger charge is 2.11. The van der Waals surface area contributed by atoms with Gasteiger partial charge in [-0.3, -0.25) is 9.36 Å². The molecule has 0 fully saturated rings. The first-order valence-electron chi connectivity index (χ1n) is 5.23. The third-order valence-electron chi connectivity index (χ3n) is 2.43. The summed E-state index contributed by atoms with van der Waals surface area (Å²) in [7, 11) is 0. The van der Waals surface area contributed by atoms with Crippen LogP contribution in [0.2, 0.25) is 0 Å². The molecule has 6 heteroatoms. The van der Waals surface area contributed by atoms with E-state index in [0.29, 0.717) is 16.4 Å². The van der Waals surface area contributed by atoms with Crippen LogP contribution in [0.1, 0.15) is 5.56 Å². The van der Waals surface area contributed by atoms with Crippen LogP contribution in [0.3, 0.4) is 0 Å². The molecule has 0 aliphatic heterocycles. The second-order valence-corrected chi connectivity index (χ2v) is 4.59. The van der Waals surface area contributed by atoms with Gasteiger partial charge < -0.3 is 5.11 Å². The van der Waals surface area contributed by atoms with E-state index in [0.717, 1.165) is 11.8 Å². The lowest BCUT2D eigenvalue weighted by atomic mass is 10.2. The normalized spacial score (nSPS) is 10.6. The molecule has 0 unspecified atom stereocenters. The predicted octanol–water partition coefficient (Wildman–Crippen LogP) is 2.50. The van der Waals surface area contributed by atoms with Gasteiger partial charge in [0, 0.05) is 18.0 Å². The van der Waals surface area contributed by atoms with Crippen LogP contribution in [-0.2, 0) is 4.79 Å². The SMILES string of the molecule is Cc1c(F)cccc1-n1ccnc1SCC(=O)O. The Labute approximate surface area is 107 Å². The molecule has 0 radical (unpaired) electrons. The minimum Gasteiger partial charge on any atom is -0.481 e. The molecular weight excluding hydrogens is 255 g/mol. The number of aliphatic carboxylic acids is 1. The number of rotatable bonds is 4. The third kappa shape index (κ3) is 2.53. The smallest absolute Gasteiger partial charge is 0.313 e. The number of thioether (sulfide) groups is 1. The number of hydrogen-bond acceptors (Lipinski definition) is 3. The standard InChI is InChI=1S/C12H11FN2O2S/c1-8-9(13)3-2-4-10(8)15-6-5-14-12(15)18-7-11(16)17/h2-6H,7H2,1H3,(H,16,17). The van der Waals surface area contributed by atoms with Gasteiger partial charge in [-0.1, -0.05) is 17.8 Å². The maximum absolute atomic E-state index is 13.5. The fourth-order valence-electron chi connectivity index (χ4n) is 1.56. The summed E-state index contributed by atoms with van der Waals surface area (Å²) < 4.78 is 15.2. The molecule has 94 valence electrons. The van der Waals surface area contributed by atoms with Crippen molar-refractivity contribution < 1.29 is 14.3 Å². The molecule has 0 saturated carbocycles. The van der Waals surface area contributed by atoms with Gasteiger partial charge in [0.05, 0.1) is 11.4 Å². The molecule has 2 rings (SSSR count). The van der Waals surface area contributed by atoms with E-state index < -0.39 is 5.97 Å². The predicted molar refractivity (Wildman–Crippen MR) is 66.6 cm³/mol. The van der Waals surface area contributed by atoms with Crippen LogP contribution in [0, 0.1) is 12.7 Å². The molecule has 1 aromatic heterocycles. The minimum absolute atomic E-state index is 0.0780. The molecule has 0 atom stereocenters. The molecule has 1 aromatic carbocycles. The Kier molecular flexibility index (Phi) is 3.66.